The average molecular weight is 452 g/mol. The summed E-state index contributed by atoms with van der Waals surface area (Å²) in [7, 11) is 1.62. The zero-order chi connectivity index (χ0) is 22.6. The topological polar surface area (TPSA) is 55.0 Å². The molecule has 0 bridgehead atoms. The van der Waals surface area contributed by atoms with Crippen LogP contribution in [0.3, 0.4) is 0 Å². The van der Waals surface area contributed by atoms with Gasteiger partial charge in [-0.3, -0.25) is 4.79 Å². The van der Waals surface area contributed by atoms with Crippen LogP contribution in [0.4, 0.5) is 13.2 Å². The molecule has 2 aromatic heterocycles. The van der Waals surface area contributed by atoms with Crippen LogP contribution in [-0.4, -0.2) is 4.57 Å². The van der Waals surface area contributed by atoms with Gasteiger partial charge in [0, 0.05) is 41.9 Å². The number of ether oxygens (including phenoxy) is 1. The maximum atomic E-state index is 14.3. The standard InChI is InChI=1S/C24H15F3N2O2S/c1-29-11-17(15-4-7-32-22(15)23(29)30)16-8-13(24(12-28)5-6-24)2-3-20(16)31-21-18(26)9-14(25)10-19(21)27/h2-4,7-11H,5-6H2,1H3. The molecule has 0 aliphatic heterocycles. The number of nitriles is 1. The van der Waals surface area contributed by atoms with Crippen molar-refractivity contribution in [3.63, 3.8) is 0 Å². The largest absolute Gasteiger partial charge is 0.451 e. The molecule has 0 amide bonds. The Morgan fingerprint density at radius 2 is 1.81 bits per heavy atom. The van der Waals surface area contributed by atoms with E-state index in [1.165, 1.54) is 15.9 Å². The minimum absolute atomic E-state index is 0.123. The van der Waals surface area contributed by atoms with Gasteiger partial charge in [-0.05, 0) is 42.0 Å². The van der Waals surface area contributed by atoms with Crippen molar-refractivity contribution >= 4 is 21.4 Å². The first-order valence-electron chi connectivity index (χ1n) is 9.78. The molecule has 32 heavy (non-hydrogen) atoms. The lowest BCUT2D eigenvalue weighted by Crippen LogP contribution is -2.15. The summed E-state index contributed by atoms with van der Waals surface area (Å²) in [6.45, 7) is 0. The molecule has 0 spiro atoms. The third kappa shape index (κ3) is 3.17. The molecule has 0 N–H and O–H groups in total. The second-order valence-corrected chi connectivity index (χ2v) is 8.74. The van der Waals surface area contributed by atoms with Crippen molar-refractivity contribution in [2.75, 3.05) is 0 Å². The molecule has 0 saturated heterocycles. The van der Waals surface area contributed by atoms with Crippen LogP contribution in [-0.2, 0) is 12.5 Å². The highest BCUT2D eigenvalue weighted by atomic mass is 32.1. The van der Waals surface area contributed by atoms with Crippen molar-refractivity contribution in [1.29, 1.82) is 5.26 Å². The summed E-state index contributed by atoms with van der Waals surface area (Å²) >= 11 is 1.29. The summed E-state index contributed by atoms with van der Waals surface area (Å²) in [6.07, 6.45) is 3.06. The van der Waals surface area contributed by atoms with Gasteiger partial charge in [0.25, 0.3) is 5.56 Å². The van der Waals surface area contributed by atoms with Crippen LogP contribution in [0.15, 0.2) is 52.8 Å². The predicted octanol–water partition coefficient (Wildman–Crippen LogP) is 6.03. The number of nitrogens with zero attached hydrogens (tertiary/aromatic N) is 2. The van der Waals surface area contributed by atoms with Crippen molar-refractivity contribution in [1.82, 2.24) is 4.57 Å². The fraction of sp³-hybridized carbons (Fsp3) is 0.167. The van der Waals surface area contributed by atoms with Crippen LogP contribution in [0, 0.1) is 28.8 Å². The smallest absolute Gasteiger partial charge is 0.268 e. The molecule has 4 aromatic rings. The van der Waals surface area contributed by atoms with E-state index < -0.39 is 28.6 Å². The third-order valence-corrected chi connectivity index (χ3v) is 6.66. The van der Waals surface area contributed by atoms with Gasteiger partial charge >= 0.3 is 0 Å². The van der Waals surface area contributed by atoms with Crippen molar-refractivity contribution in [3.05, 3.63) is 81.3 Å². The molecule has 0 unspecified atom stereocenters. The zero-order valence-corrected chi connectivity index (χ0v) is 17.6. The number of benzene rings is 2. The Bertz CT molecular complexity index is 1470. The Morgan fingerprint density at radius 3 is 2.47 bits per heavy atom. The van der Waals surface area contributed by atoms with E-state index in [2.05, 4.69) is 6.07 Å². The number of thiophene rings is 1. The molecule has 1 saturated carbocycles. The van der Waals surface area contributed by atoms with E-state index in [9.17, 15) is 23.2 Å². The Balaban J connectivity index is 1.75. The first kappa shape index (κ1) is 20.3. The van der Waals surface area contributed by atoms with E-state index >= 15 is 0 Å². The van der Waals surface area contributed by atoms with Crippen molar-refractivity contribution in [2.45, 2.75) is 18.3 Å². The second kappa shape index (κ2) is 7.24. The maximum Gasteiger partial charge on any atom is 0.268 e. The van der Waals surface area contributed by atoms with E-state index in [0.717, 1.165) is 5.56 Å². The molecular weight excluding hydrogens is 437 g/mol. The summed E-state index contributed by atoms with van der Waals surface area (Å²) in [6, 6.07) is 10.2. The van der Waals surface area contributed by atoms with Gasteiger partial charge in [-0.2, -0.15) is 5.26 Å². The van der Waals surface area contributed by atoms with Gasteiger partial charge < -0.3 is 9.30 Å². The van der Waals surface area contributed by atoms with Gasteiger partial charge in [-0.15, -0.1) is 11.3 Å². The minimum Gasteiger partial charge on any atom is -0.451 e. The molecule has 8 heteroatoms. The monoisotopic (exact) mass is 452 g/mol. The molecule has 4 nitrogen and oxygen atoms in total. The Labute approximate surface area is 184 Å². The van der Waals surface area contributed by atoms with E-state index in [4.69, 9.17) is 4.74 Å². The third-order valence-electron chi connectivity index (χ3n) is 5.75. The van der Waals surface area contributed by atoms with Gasteiger partial charge in [0.2, 0.25) is 0 Å². The van der Waals surface area contributed by atoms with Gasteiger partial charge in [0.05, 0.1) is 11.5 Å². The minimum atomic E-state index is -1.17. The number of aromatic nitrogens is 1. The summed E-state index contributed by atoms with van der Waals surface area (Å²) in [5.41, 5.74) is 1.10. The summed E-state index contributed by atoms with van der Waals surface area (Å²) in [5.74, 6) is -4.00. The number of halogens is 3. The Kier molecular flexibility index (Phi) is 4.60. The Hall–Kier alpha value is -3.57. The molecule has 2 heterocycles. The lowest BCUT2D eigenvalue weighted by molar-refractivity contribution is 0.402. The van der Waals surface area contributed by atoms with Crippen molar-refractivity contribution < 1.29 is 17.9 Å². The van der Waals surface area contributed by atoms with Crippen molar-refractivity contribution in [2.24, 2.45) is 7.05 Å². The van der Waals surface area contributed by atoms with E-state index in [-0.39, 0.29) is 11.3 Å². The number of pyridine rings is 1. The van der Waals surface area contributed by atoms with Crippen LogP contribution in [0.2, 0.25) is 0 Å². The number of hydrogen-bond acceptors (Lipinski definition) is 4. The first-order chi connectivity index (χ1) is 15.3. The zero-order valence-electron chi connectivity index (χ0n) is 16.8. The molecule has 5 rings (SSSR count). The summed E-state index contributed by atoms with van der Waals surface area (Å²) in [5, 5.41) is 12.1. The summed E-state index contributed by atoms with van der Waals surface area (Å²) < 4.78 is 49.5. The van der Waals surface area contributed by atoms with Gasteiger partial charge in [-0.1, -0.05) is 6.07 Å². The van der Waals surface area contributed by atoms with E-state index in [1.54, 1.807) is 42.9 Å². The van der Waals surface area contributed by atoms with Gasteiger partial charge in [0.15, 0.2) is 17.4 Å². The number of aryl methyl sites for hydroxylation is 1. The number of hydrogen-bond donors (Lipinski definition) is 0. The lowest BCUT2D eigenvalue weighted by Gasteiger charge is -2.17. The number of fused-ring (bicyclic) bond motifs is 1. The average Bonchev–Trinajstić information content (AvgIpc) is 3.41. The molecule has 0 radical (unpaired) electrons. The highest BCUT2D eigenvalue weighted by molar-refractivity contribution is 7.17. The number of rotatable bonds is 4. The lowest BCUT2D eigenvalue weighted by atomic mass is 9.92. The molecule has 2 aromatic carbocycles. The second-order valence-electron chi connectivity index (χ2n) is 7.83. The van der Waals surface area contributed by atoms with Crippen molar-refractivity contribution in [3.8, 4) is 28.7 Å². The highest BCUT2D eigenvalue weighted by Gasteiger charge is 2.45. The quantitative estimate of drug-likeness (QED) is 0.380. The molecule has 160 valence electrons. The van der Waals surface area contributed by atoms with Gasteiger partial charge in [0.1, 0.15) is 16.3 Å². The Morgan fingerprint density at radius 1 is 1.09 bits per heavy atom. The predicted molar refractivity (Wildman–Crippen MR) is 115 cm³/mol. The molecule has 1 aliphatic carbocycles. The van der Waals surface area contributed by atoms with E-state index in [0.29, 0.717) is 46.2 Å². The molecule has 0 atom stereocenters. The van der Waals surface area contributed by atoms with Crippen LogP contribution in [0.1, 0.15) is 18.4 Å². The normalized spacial score (nSPS) is 14.3. The SMILES string of the molecule is Cn1cc(-c2cc(C3(C#N)CC3)ccc2Oc2c(F)cc(F)cc2F)c2ccsc2c1=O. The van der Waals surface area contributed by atoms with Crippen LogP contribution in [0.25, 0.3) is 21.2 Å². The molecule has 1 aliphatic rings. The van der Waals surface area contributed by atoms with Crippen LogP contribution >= 0.6 is 11.3 Å². The van der Waals surface area contributed by atoms with Crippen LogP contribution < -0.4 is 10.3 Å². The fourth-order valence-corrected chi connectivity index (χ4v) is 4.73. The fourth-order valence-electron chi connectivity index (χ4n) is 3.84. The maximum absolute atomic E-state index is 14.3. The first-order valence-corrected chi connectivity index (χ1v) is 10.7. The van der Waals surface area contributed by atoms with E-state index in [1.807, 2.05) is 0 Å². The van der Waals surface area contributed by atoms with Crippen LogP contribution in [0.5, 0.6) is 11.5 Å². The van der Waals surface area contributed by atoms with Gasteiger partial charge in [-0.25, -0.2) is 13.2 Å². The molecule has 1 fully saturated rings. The highest BCUT2D eigenvalue weighted by Crippen LogP contribution is 2.50. The molecular formula is C24H15F3N2O2S. The summed E-state index contributed by atoms with van der Waals surface area (Å²) in [4.78, 5) is 12.5.